The van der Waals surface area contributed by atoms with Crippen LogP contribution in [0.4, 0.5) is 0 Å². The SMILES string of the molecule is C[C@@H](CO)[C@H](O)C1CCCCC1. The summed E-state index contributed by atoms with van der Waals surface area (Å²) in [6.45, 7) is 2.02. The quantitative estimate of drug-likeness (QED) is 0.678. The topological polar surface area (TPSA) is 40.5 Å². The number of aliphatic hydroxyl groups excluding tert-OH is 2. The van der Waals surface area contributed by atoms with Crippen LogP contribution in [-0.2, 0) is 0 Å². The first-order chi connectivity index (χ1) is 5.75. The van der Waals surface area contributed by atoms with Crippen molar-refractivity contribution in [3.8, 4) is 0 Å². The molecule has 0 saturated heterocycles. The van der Waals surface area contributed by atoms with E-state index in [1.165, 1.54) is 19.3 Å². The zero-order chi connectivity index (χ0) is 8.97. The van der Waals surface area contributed by atoms with Gasteiger partial charge >= 0.3 is 0 Å². The summed E-state index contributed by atoms with van der Waals surface area (Å²) in [5.41, 5.74) is 0. The van der Waals surface area contributed by atoms with Gasteiger partial charge in [-0.25, -0.2) is 0 Å². The van der Waals surface area contributed by atoms with Crippen molar-refractivity contribution in [2.45, 2.75) is 45.1 Å². The first-order valence-corrected chi connectivity index (χ1v) is 5.04. The molecule has 0 unspecified atom stereocenters. The van der Waals surface area contributed by atoms with E-state index in [4.69, 9.17) is 5.11 Å². The number of hydrogen-bond donors (Lipinski definition) is 2. The fourth-order valence-corrected chi connectivity index (χ4v) is 2.05. The van der Waals surface area contributed by atoms with Crippen molar-refractivity contribution >= 4 is 0 Å². The average Bonchev–Trinajstić information content (AvgIpc) is 2.17. The molecule has 2 heteroatoms. The van der Waals surface area contributed by atoms with E-state index in [-0.39, 0.29) is 18.6 Å². The van der Waals surface area contributed by atoms with E-state index in [9.17, 15) is 5.11 Å². The maximum absolute atomic E-state index is 9.78. The zero-order valence-electron chi connectivity index (χ0n) is 7.87. The molecule has 0 spiro atoms. The van der Waals surface area contributed by atoms with Crippen LogP contribution in [-0.4, -0.2) is 22.9 Å². The third kappa shape index (κ3) is 2.46. The summed E-state index contributed by atoms with van der Waals surface area (Å²) < 4.78 is 0. The largest absolute Gasteiger partial charge is 0.396 e. The van der Waals surface area contributed by atoms with Crippen molar-refractivity contribution in [1.82, 2.24) is 0 Å². The number of rotatable bonds is 3. The van der Waals surface area contributed by atoms with Crippen molar-refractivity contribution in [2.75, 3.05) is 6.61 Å². The molecule has 2 atom stereocenters. The van der Waals surface area contributed by atoms with Crippen LogP contribution in [0.5, 0.6) is 0 Å². The lowest BCUT2D eigenvalue weighted by molar-refractivity contribution is 0.0171. The van der Waals surface area contributed by atoms with Gasteiger partial charge in [-0.05, 0) is 18.8 Å². The fraction of sp³-hybridized carbons (Fsp3) is 1.00. The van der Waals surface area contributed by atoms with E-state index in [0.717, 1.165) is 12.8 Å². The lowest BCUT2D eigenvalue weighted by Crippen LogP contribution is -2.30. The van der Waals surface area contributed by atoms with E-state index >= 15 is 0 Å². The summed E-state index contributed by atoms with van der Waals surface area (Å²) in [4.78, 5) is 0. The van der Waals surface area contributed by atoms with Crippen molar-refractivity contribution in [1.29, 1.82) is 0 Å². The monoisotopic (exact) mass is 172 g/mol. The molecule has 0 bridgehead atoms. The van der Waals surface area contributed by atoms with Crippen LogP contribution < -0.4 is 0 Å². The number of hydrogen-bond acceptors (Lipinski definition) is 2. The molecule has 1 rings (SSSR count). The molecular weight excluding hydrogens is 152 g/mol. The Kier molecular flexibility index (Phi) is 4.02. The Bertz CT molecular complexity index is 119. The molecule has 0 aromatic heterocycles. The van der Waals surface area contributed by atoms with Gasteiger partial charge in [-0.1, -0.05) is 26.2 Å². The second kappa shape index (κ2) is 4.83. The van der Waals surface area contributed by atoms with Crippen LogP contribution >= 0.6 is 0 Å². The predicted molar refractivity (Wildman–Crippen MR) is 48.8 cm³/mol. The van der Waals surface area contributed by atoms with E-state index < -0.39 is 0 Å². The first kappa shape index (κ1) is 10.0. The van der Waals surface area contributed by atoms with E-state index in [1.807, 2.05) is 6.92 Å². The predicted octanol–water partition coefficient (Wildman–Crippen LogP) is 1.56. The maximum Gasteiger partial charge on any atom is 0.0615 e. The van der Waals surface area contributed by atoms with Gasteiger partial charge in [0.1, 0.15) is 0 Å². The fourth-order valence-electron chi connectivity index (χ4n) is 2.05. The highest BCUT2D eigenvalue weighted by Gasteiger charge is 2.25. The highest BCUT2D eigenvalue weighted by atomic mass is 16.3. The molecule has 1 aliphatic carbocycles. The molecule has 1 saturated carbocycles. The van der Waals surface area contributed by atoms with Gasteiger partial charge in [0.05, 0.1) is 6.10 Å². The summed E-state index contributed by atoms with van der Waals surface area (Å²) in [5, 5.41) is 18.7. The van der Waals surface area contributed by atoms with Crippen LogP contribution in [0.2, 0.25) is 0 Å². The van der Waals surface area contributed by atoms with Crippen molar-refractivity contribution in [3.05, 3.63) is 0 Å². The summed E-state index contributed by atoms with van der Waals surface area (Å²) in [7, 11) is 0. The molecule has 0 amide bonds. The smallest absolute Gasteiger partial charge is 0.0615 e. The van der Waals surface area contributed by atoms with Gasteiger partial charge in [0.2, 0.25) is 0 Å². The maximum atomic E-state index is 9.78. The van der Waals surface area contributed by atoms with Crippen molar-refractivity contribution in [3.63, 3.8) is 0 Å². The zero-order valence-corrected chi connectivity index (χ0v) is 7.87. The summed E-state index contributed by atoms with van der Waals surface area (Å²) in [5.74, 6) is 0.494. The second-order valence-electron chi connectivity index (χ2n) is 4.05. The Morgan fingerprint density at radius 2 is 1.83 bits per heavy atom. The van der Waals surface area contributed by atoms with Crippen molar-refractivity contribution < 1.29 is 10.2 Å². The van der Waals surface area contributed by atoms with Crippen LogP contribution in [0.15, 0.2) is 0 Å². The summed E-state index contributed by atoms with van der Waals surface area (Å²) >= 11 is 0. The molecule has 1 aliphatic rings. The van der Waals surface area contributed by atoms with Gasteiger partial charge in [0.15, 0.2) is 0 Å². The van der Waals surface area contributed by atoms with Crippen LogP contribution in [0, 0.1) is 11.8 Å². The second-order valence-corrected chi connectivity index (χ2v) is 4.05. The van der Waals surface area contributed by atoms with Gasteiger partial charge in [-0.3, -0.25) is 0 Å². The minimum Gasteiger partial charge on any atom is -0.396 e. The van der Waals surface area contributed by atoms with E-state index in [2.05, 4.69) is 0 Å². The van der Waals surface area contributed by atoms with Crippen LogP contribution in [0.1, 0.15) is 39.0 Å². The molecule has 0 heterocycles. The highest BCUT2D eigenvalue weighted by Crippen LogP contribution is 2.29. The standard InChI is InChI=1S/C10H20O2/c1-8(7-11)10(12)9-5-3-2-4-6-9/h8-12H,2-7H2,1H3/t8-,10-/m0/s1. The minimum atomic E-state index is -0.282. The Hall–Kier alpha value is -0.0800. The van der Waals surface area contributed by atoms with Gasteiger partial charge < -0.3 is 10.2 Å². The highest BCUT2D eigenvalue weighted by molar-refractivity contribution is 4.76. The molecule has 0 aliphatic heterocycles. The minimum absolute atomic E-state index is 0.0492. The van der Waals surface area contributed by atoms with Crippen LogP contribution in [0.25, 0.3) is 0 Å². The lowest BCUT2D eigenvalue weighted by Gasteiger charge is -2.29. The Morgan fingerprint density at radius 1 is 1.25 bits per heavy atom. The van der Waals surface area contributed by atoms with Gasteiger partial charge in [0.25, 0.3) is 0 Å². The normalized spacial score (nSPS) is 25.2. The lowest BCUT2D eigenvalue weighted by atomic mass is 9.81. The molecule has 1 fully saturated rings. The molecule has 72 valence electrons. The molecular formula is C10H20O2. The van der Waals surface area contributed by atoms with Crippen molar-refractivity contribution in [2.24, 2.45) is 11.8 Å². The summed E-state index contributed by atoms with van der Waals surface area (Å²) in [6, 6.07) is 0. The molecule has 0 aromatic rings. The molecule has 0 radical (unpaired) electrons. The third-order valence-electron chi connectivity index (χ3n) is 3.00. The third-order valence-corrected chi connectivity index (χ3v) is 3.00. The summed E-state index contributed by atoms with van der Waals surface area (Å²) in [6.07, 6.45) is 5.82. The van der Waals surface area contributed by atoms with Crippen LogP contribution in [0.3, 0.4) is 0 Å². The van der Waals surface area contributed by atoms with Gasteiger partial charge in [-0.15, -0.1) is 0 Å². The van der Waals surface area contributed by atoms with Gasteiger partial charge in [-0.2, -0.15) is 0 Å². The Labute approximate surface area is 74.6 Å². The Balaban J connectivity index is 2.33. The number of aliphatic hydroxyl groups is 2. The van der Waals surface area contributed by atoms with E-state index in [1.54, 1.807) is 0 Å². The average molecular weight is 172 g/mol. The molecule has 2 nitrogen and oxygen atoms in total. The molecule has 2 N–H and O–H groups in total. The molecule has 12 heavy (non-hydrogen) atoms. The Morgan fingerprint density at radius 3 is 2.33 bits per heavy atom. The van der Waals surface area contributed by atoms with Gasteiger partial charge in [0, 0.05) is 12.5 Å². The first-order valence-electron chi connectivity index (χ1n) is 5.04. The van der Waals surface area contributed by atoms with E-state index in [0.29, 0.717) is 5.92 Å². The molecule has 0 aromatic carbocycles.